The van der Waals surface area contributed by atoms with E-state index in [0.29, 0.717) is 6.54 Å². The van der Waals surface area contributed by atoms with Gasteiger partial charge in [0.15, 0.2) is 0 Å². The lowest BCUT2D eigenvalue weighted by Crippen LogP contribution is -1.99. The number of ether oxygens (including phenoxy) is 1. The molecule has 2 aromatic rings. The summed E-state index contributed by atoms with van der Waals surface area (Å²) in [5.41, 5.74) is 1.86. The lowest BCUT2D eigenvalue weighted by molar-refractivity contribution is 0.415. The third-order valence-corrected chi connectivity index (χ3v) is 2.97. The Kier molecular flexibility index (Phi) is 4.20. The Morgan fingerprint density at radius 2 is 1.89 bits per heavy atom. The molecule has 94 valence electrons. The second-order valence-electron chi connectivity index (χ2n) is 3.86. The van der Waals surface area contributed by atoms with Crippen molar-refractivity contribution in [2.45, 2.75) is 6.54 Å². The quantitative estimate of drug-likeness (QED) is 0.913. The zero-order valence-electron chi connectivity index (χ0n) is 9.91. The molecule has 2 rings (SSSR count). The summed E-state index contributed by atoms with van der Waals surface area (Å²) in [7, 11) is 1.63. The number of rotatable bonds is 4. The number of halogens is 2. The molecule has 0 saturated carbocycles. The fourth-order valence-electron chi connectivity index (χ4n) is 1.63. The third kappa shape index (κ3) is 3.47. The fraction of sp³-hybridized carbons (Fsp3) is 0.143. The van der Waals surface area contributed by atoms with Crippen LogP contribution in [0.1, 0.15) is 5.56 Å². The van der Waals surface area contributed by atoms with Crippen molar-refractivity contribution in [3.8, 4) is 5.75 Å². The van der Waals surface area contributed by atoms with Gasteiger partial charge in [0.05, 0.1) is 7.11 Å². The highest BCUT2D eigenvalue weighted by Gasteiger charge is 1.99. The molecule has 0 atom stereocenters. The summed E-state index contributed by atoms with van der Waals surface area (Å²) in [5.74, 6) is 0.574. The molecule has 0 unspecified atom stereocenters. The van der Waals surface area contributed by atoms with Crippen LogP contribution in [0.4, 0.5) is 10.1 Å². The van der Waals surface area contributed by atoms with Crippen LogP contribution in [-0.4, -0.2) is 7.11 Å². The molecular weight excluding hydrogens is 297 g/mol. The van der Waals surface area contributed by atoms with E-state index in [1.165, 1.54) is 12.1 Å². The first-order chi connectivity index (χ1) is 8.67. The number of nitrogens with one attached hydrogen (secondary N) is 1. The highest BCUT2D eigenvalue weighted by atomic mass is 79.9. The van der Waals surface area contributed by atoms with E-state index in [4.69, 9.17) is 4.74 Å². The van der Waals surface area contributed by atoms with Crippen LogP contribution in [0.15, 0.2) is 46.9 Å². The standard InChI is InChI=1S/C14H13BrFNO/c1-18-14-4-2-13(3-5-14)17-9-10-6-11(15)8-12(16)7-10/h2-8,17H,9H2,1H3. The average Bonchev–Trinajstić information content (AvgIpc) is 2.36. The summed E-state index contributed by atoms with van der Waals surface area (Å²) < 4.78 is 19.0. The average molecular weight is 310 g/mol. The Morgan fingerprint density at radius 1 is 1.17 bits per heavy atom. The molecule has 0 aliphatic carbocycles. The molecule has 0 saturated heterocycles. The SMILES string of the molecule is COc1ccc(NCc2cc(F)cc(Br)c2)cc1. The van der Waals surface area contributed by atoms with Crippen LogP contribution in [0.5, 0.6) is 5.75 Å². The molecule has 0 aromatic heterocycles. The number of benzene rings is 2. The van der Waals surface area contributed by atoms with E-state index in [1.54, 1.807) is 7.11 Å². The minimum atomic E-state index is -0.240. The van der Waals surface area contributed by atoms with E-state index in [-0.39, 0.29) is 5.82 Å². The van der Waals surface area contributed by atoms with Crippen LogP contribution >= 0.6 is 15.9 Å². The van der Waals surface area contributed by atoms with Gasteiger partial charge in [0, 0.05) is 16.7 Å². The summed E-state index contributed by atoms with van der Waals surface area (Å²) in [5, 5.41) is 3.22. The first kappa shape index (κ1) is 12.9. The number of anilines is 1. The molecule has 0 aliphatic heterocycles. The molecule has 0 bridgehead atoms. The molecule has 0 amide bonds. The van der Waals surface area contributed by atoms with Crippen LogP contribution in [0.25, 0.3) is 0 Å². The molecule has 0 radical (unpaired) electrons. The van der Waals surface area contributed by atoms with Gasteiger partial charge in [-0.05, 0) is 48.0 Å². The zero-order chi connectivity index (χ0) is 13.0. The molecule has 2 aromatic carbocycles. The Morgan fingerprint density at radius 3 is 2.50 bits per heavy atom. The Balaban J connectivity index is 2.01. The van der Waals surface area contributed by atoms with E-state index in [1.807, 2.05) is 30.3 Å². The molecular formula is C14H13BrFNO. The summed E-state index contributed by atoms with van der Waals surface area (Å²) in [6.07, 6.45) is 0. The minimum Gasteiger partial charge on any atom is -0.497 e. The van der Waals surface area contributed by atoms with Gasteiger partial charge in [0.25, 0.3) is 0 Å². The molecule has 1 N–H and O–H groups in total. The first-order valence-corrected chi connectivity index (χ1v) is 6.29. The van der Waals surface area contributed by atoms with E-state index < -0.39 is 0 Å². The first-order valence-electron chi connectivity index (χ1n) is 5.50. The fourth-order valence-corrected chi connectivity index (χ4v) is 2.14. The summed E-state index contributed by atoms with van der Waals surface area (Å²) in [6.45, 7) is 0.572. The summed E-state index contributed by atoms with van der Waals surface area (Å²) in [4.78, 5) is 0. The van der Waals surface area contributed by atoms with Gasteiger partial charge < -0.3 is 10.1 Å². The largest absolute Gasteiger partial charge is 0.497 e. The van der Waals surface area contributed by atoms with Gasteiger partial charge in [-0.1, -0.05) is 15.9 Å². The van der Waals surface area contributed by atoms with Crippen molar-refractivity contribution in [1.82, 2.24) is 0 Å². The van der Waals surface area contributed by atoms with Crippen molar-refractivity contribution in [3.05, 3.63) is 58.3 Å². The highest BCUT2D eigenvalue weighted by molar-refractivity contribution is 9.10. The van der Waals surface area contributed by atoms with Gasteiger partial charge in [0.1, 0.15) is 11.6 Å². The van der Waals surface area contributed by atoms with Crippen molar-refractivity contribution in [3.63, 3.8) is 0 Å². The van der Waals surface area contributed by atoms with Crippen molar-refractivity contribution < 1.29 is 9.13 Å². The molecule has 0 aliphatic rings. The van der Waals surface area contributed by atoms with Gasteiger partial charge in [0.2, 0.25) is 0 Å². The van der Waals surface area contributed by atoms with Crippen LogP contribution in [0.2, 0.25) is 0 Å². The van der Waals surface area contributed by atoms with Gasteiger partial charge in [-0.25, -0.2) is 4.39 Å². The van der Waals surface area contributed by atoms with E-state index in [9.17, 15) is 4.39 Å². The minimum absolute atomic E-state index is 0.240. The maximum Gasteiger partial charge on any atom is 0.124 e. The van der Waals surface area contributed by atoms with Crippen molar-refractivity contribution in [2.75, 3.05) is 12.4 Å². The zero-order valence-corrected chi connectivity index (χ0v) is 11.5. The molecule has 0 heterocycles. The van der Waals surface area contributed by atoms with Gasteiger partial charge in [-0.15, -0.1) is 0 Å². The van der Waals surface area contributed by atoms with Crippen molar-refractivity contribution in [1.29, 1.82) is 0 Å². The molecule has 0 fully saturated rings. The molecule has 0 spiro atoms. The summed E-state index contributed by atoms with van der Waals surface area (Å²) in [6, 6.07) is 12.5. The number of hydrogen-bond donors (Lipinski definition) is 1. The lowest BCUT2D eigenvalue weighted by atomic mass is 10.2. The van der Waals surface area contributed by atoms with Crippen LogP contribution in [0, 0.1) is 5.82 Å². The van der Waals surface area contributed by atoms with Gasteiger partial charge in [-0.2, -0.15) is 0 Å². The maximum absolute atomic E-state index is 13.2. The topological polar surface area (TPSA) is 21.3 Å². The Labute approximate surface area is 114 Å². The van der Waals surface area contributed by atoms with E-state index in [0.717, 1.165) is 21.5 Å². The van der Waals surface area contributed by atoms with Crippen molar-refractivity contribution >= 4 is 21.6 Å². The predicted molar refractivity (Wildman–Crippen MR) is 74.4 cm³/mol. The highest BCUT2D eigenvalue weighted by Crippen LogP contribution is 2.18. The maximum atomic E-state index is 13.2. The van der Waals surface area contributed by atoms with Crippen molar-refractivity contribution in [2.24, 2.45) is 0 Å². The number of hydrogen-bond acceptors (Lipinski definition) is 2. The second-order valence-corrected chi connectivity index (χ2v) is 4.78. The third-order valence-electron chi connectivity index (χ3n) is 2.51. The smallest absolute Gasteiger partial charge is 0.124 e. The van der Waals surface area contributed by atoms with Crippen LogP contribution < -0.4 is 10.1 Å². The molecule has 2 nitrogen and oxygen atoms in total. The monoisotopic (exact) mass is 309 g/mol. The van der Waals surface area contributed by atoms with Crippen LogP contribution in [0.3, 0.4) is 0 Å². The Hall–Kier alpha value is -1.55. The predicted octanol–water partition coefficient (Wildman–Crippen LogP) is 4.21. The Bertz CT molecular complexity index is 508. The lowest BCUT2D eigenvalue weighted by Gasteiger charge is -2.08. The number of methoxy groups -OCH3 is 1. The van der Waals surface area contributed by atoms with Crippen LogP contribution in [-0.2, 0) is 6.54 Å². The second kappa shape index (κ2) is 5.87. The van der Waals surface area contributed by atoms with E-state index in [2.05, 4.69) is 21.2 Å². The molecule has 4 heteroatoms. The van der Waals surface area contributed by atoms with E-state index >= 15 is 0 Å². The van der Waals surface area contributed by atoms with Gasteiger partial charge >= 0.3 is 0 Å². The normalized spacial score (nSPS) is 10.2. The molecule has 18 heavy (non-hydrogen) atoms. The van der Waals surface area contributed by atoms with Gasteiger partial charge in [-0.3, -0.25) is 0 Å². The summed E-state index contributed by atoms with van der Waals surface area (Å²) >= 11 is 3.27.